The van der Waals surface area contributed by atoms with Crippen LogP contribution in [0.25, 0.3) is 0 Å². The fraction of sp³-hybridized carbons (Fsp3) is 0.857. The normalized spacial score (nSPS) is 26.8. The lowest BCUT2D eigenvalue weighted by atomic mass is 10.2. The smallest absolute Gasteiger partial charge is 0.247 e. The Hall–Kier alpha value is -0.610. The first-order chi connectivity index (χ1) is 5.24. The van der Waals surface area contributed by atoms with Gasteiger partial charge in [-0.15, -0.1) is 0 Å². The Bertz CT molecular complexity index is 149. The van der Waals surface area contributed by atoms with Gasteiger partial charge < -0.3 is 10.5 Å². The summed E-state index contributed by atoms with van der Waals surface area (Å²) in [4.78, 5) is 12.8. The van der Waals surface area contributed by atoms with E-state index in [0.717, 1.165) is 13.1 Å². The summed E-state index contributed by atoms with van der Waals surface area (Å²) in [6.07, 6.45) is -0.399. The van der Waals surface area contributed by atoms with E-state index in [1.165, 1.54) is 0 Å². The largest absolute Gasteiger partial charge is 0.367 e. The van der Waals surface area contributed by atoms with E-state index in [2.05, 4.69) is 11.8 Å². The maximum atomic E-state index is 10.7. The molecule has 1 unspecified atom stereocenters. The van der Waals surface area contributed by atoms with Crippen LogP contribution in [0, 0.1) is 0 Å². The van der Waals surface area contributed by atoms with Crippen molar-refractivity contribution in [3.05, 3.63) is 0 Å². The van der Waals surface area contributed by atoms with Gasteiger partial charge in [0.1, 0.15) is 6.10 Å². The first-order valence-electron chi connectivity index (χ1n) is 3.87. The van der Waals surface area contributed by atoms with Crippen molar-refractivity contribution < 1.29 is 9.53 Å². The summed E-state index contributed by atoms with van der Waals surface area (Å²) in [6.45, 7) is 5.17. The van der Waals surface area contributed by atoms with Gasteiger partial charge in [-0.05, 0) is 6.54 Å². The van der Waals surface area contributed by atoms with Gasteiger partial charge in [-0.2, -0.15) is 0 Å². The summed E-state index contributed by atoms with van der Waals surface area (Å²) >= 11 is 0. The lowest BCUT2D eigenvalue weighted by Gasteiger charge is -2.30. The van der Waals surface area contributed by atoms with E-state index in [1.54, 1.807) is 0 Å². The molecule has 0 bridgehead atoms. The second-order valence-corrected chi connectivity index (χ2v) is 2.66. The third kappa shape index (κ3) is 2.17. The molecule has 1 atom stereocenters. The number of carbonyl (C=O) groups is 1. The zero-order valence-corrected chi connectivity index (χ0v) is 6.75. The van der Waals surface area contributed by atoms with Gasteiger partial charge in [0, 0.05) is 13.1 Å². The first kappa shape index (κ1) is 8.49. The van der Waals surface area contributed by atoms with Gasteiger partial charge in [0.15, 0.2) is 0 Å². The molecular formula is C7H14N2O2. The molecule has 0 saturated carbocycles. The molecule has 0 spiro atoms. The maximum Gasteiger partial charge on any atom is 0.247 e. The molecule has 0 aromatic carbocycles. The van der Waals surface area contributed by atoms with Crippen LogP contribution < -0.4 is 5.73 Å². The number of rotatable bonds is 2. The van der Waals surface area contributed by atoms with Crippen molar-refractivity contribution in [2.45, 2.75) is 13.0 Å². The summed E-state index contributed by atoms with van der Waals surface area (Å²) < 4.78 is 5.16. The third-order valence-corrected chi connectivity index (χ3v) is 1.92. The van der Waals surface area contributed by atoms with Crippen molar-refractivity contribution in [2.75, 3.05) is 26.2 Å². The molecule has 1 fully saturated rings. The number of hydrogen-bond acceptors (Lipinski definition) is 3. The van der Waals surface area contributed by atoms with Crippen molar-refractivity contribution >= 4 is 5.91 Å². The summed E-state index contributed by atoms with van der Waals surface area (Å²) in [7, 11) is 0. The van der Waals surface area contributed by atoms with Gasteiger partial charge in [-0.3, -0.25) is 9.69 Å². The van der Waals surface area contributed by atoms with E-state index in [9.17, 15) is 4.79 Å². The van der Waals surface area contributed by atoms with Crippen LogP contribution in [0.5, 0.6) is 0 Å². The van der Waals surface area contributed by atoms with E-state index < -0.39 is 6.10 Å². The number of ether oxygens (including phenoxy) is 1. The standard InChI is InChI=1S/C7H14N2O2/c1-2-9-3-4-11-6(5-9)7(8)10/h6H,2-5H2,1H3,(H2,8,10). The van der Waals surface area contributed by atoms with Gasteiger partial charge in [0.2, 0.25) is 5.91 Å². The molecule has 2 N–H and O–H groups in total. The molecule has 1 saturated heterocycles. The highest BCUT2D eigenvalue weighted by atomic mass is 16.5. The number of nitrogens with two attached hydrogens (primary N) is 1. The molecule has 4 heteroatoms. The summed E-state index contributed by atoms with van der Waals surface area (Å²) in [5.74, 6) is -0.358. The van der Waals surface area contributed by atoms with Crippen LogP contribution in [-0.4, -0.2) is 43.2 Å². The fourth-order valence-corrected chi connectivity index (χ4v) is 1.16. The Morgan fingerprint density at radius 2 is 2.55 bits per heavy atom. The lowest BCUT2D eigenvalue weighted by Crippen LogP contribution is -2.48. The van der Waals surface area contributed by atoms with E-state index >= 15 is 0 Å². The highest BCUT2D eigenvalue weighted by Crippen LogP contribution is 2.03. The SMILES string of the molecule is CCN1CCOC(C(N)=O)C1. The van der Waals surface area contributed by atoms with Gasteiger partial charge in [-0.1, -0.05) is 6.92 Å². The third-order valence-electron chi connectivity index (χ3n) is 1.92. The number of primary amides is 1. The number of carbonyl (C=O) groups excluding carboxylic acids is 1. The molecule has 1 aliphatic rings. The predicted molar refractivity (Wildman–Crippen MR) is 41.0 cm³/mol. The van der Waals surface area contributed by atoms with Crippen molar-refractivity contribution in [1.29, 1.82) is 0 Å². The Balaban J connectivity index is 2.39. The maximum absolute atomic E-state index is 10.7. The van der Waals surface area contributed by atoms with Crippen molar-refractivity contribution in [3.8, 4) is 0 Å². The molecule has 1 aliphatic heterocycles. The number of likely N-dealkylation sites (N-methyl/N-ethyl adjacent to an activating group) is 1. The molecule has 4 nitrogen and oxygen atoms in total. The van der Waals surface area contributed by atoms with Gasteiger partial charge in [0.25, 0.3) is 0 Å². The molecule has 11 heavy (non-hydrogen) atoms. The molecule has 1 amide bonds. The van der Waals surface area contributed by atoms with Crippen LogP contribution in [0.1, 0.15) is 6.92 Å². The summed E-state index contributed by atoms with van der Waals surface area (Å²) in [5.41, 5.74) is 5.09. The lowest BCUT2D eigenvalue weighted by molar-refractivity contribution is -0.134. The minimum absolute atomic E-state index is 0.358. The quantitative estimate of drug-likeness (QED) is 0.572. The number of amides is 1. The van der Waals surface area contributed by atoms with Crippen LogP contribution in [0.15, 0.2) is 0 Å². The van der Waals surface area contributed by atoms with Crippen LogP contribution in [0.3, 0.4) is 0 Å². The summed E-state index contributed by atoms with van der Waals surface area (Å²) in [6, 6.07) is 0. The van der Waals surface area contributed by atoms with Crippen molar-refractivity contribution in [2.24, 2.45) is 5.73 Å². The van der Waals surface area contributed by atoms with Crippen LogP contribution in [0.2, 0.25) is 0 Å². The van der Waals surface area contributed by atoms with Crippen molar-refractivity contribution in [3.63, 3.8) is 0 Å². The molecule has 0 aromatic heterocycles. The number of hydrogen-bond donors (Lipinski definition) is 1. The summed E-state index contributed by atoms with van der Waals surface area (Å²) in [5, 5.41) is 0. The highest BCUT2D eigenvalue weighted by molar-refractivity contribution is 5.79. The Labute approximate surface area is 66.3 Å². The van der Waals surface area contributed by atoms with E-state index in [-0.39, 0.29) is 5.91 Å². The van der Waals surface area contributed by atoms with E-state index in [1.807, 2.05) is 0 Å². The Morgan fingerprint density at radius 1 is 1.82 bits per heavy atom. The molecule has 64 valence electrons. The molecule has 1 rings (SSSR count). The van der Waals surface area contributed by atoms with Crippen LogP contribution in [0.4, 0.5) is 0 Å². The van der Waals surface area contributed by atoms with E-state index in [4.69, 9.17) is 10.5 Å². The monoisotopic (exact) mass is 158 g/mol. The van der Waals surface area contributed by atoms with Gasteiger partial charge in [0.05, 0.1) is 6.61 Å². The molecular weight excluding hydrogens is 144 g/mol. The van der Waals surface area contributed by atoms with Gasteiger partial charge >= 0.3 is 0 Å². The molecule has 0 radical (unpaired) electrons. The Morgan fingerprint density at radius 3 is 3.09 bits per heavy atom. The Kier molecular flexibility index (Phi) is 2.84. The van der Waals surface area contributed by atoms with Crippen LogP contribution >= 0.6 is 0 Å². The minimum atomic E-state index is -0.399. The molecule has 0 aromatic rings. The zero-order valence-electron chi connectivity index (χ0n) is 6.75. The number of morpholine rings is 1. The minimum Gasteiger partial charge on any atom is -0.367 e. The van der Waals surface area contributed by atoms with Crippen molar-refractivity contribution in [1.82, 2.24) is 4.90 Å². The highest BCUT2D eigenvalue weighted by Gasteiger charge is 2.23. The average Bonchev–Trinajstić information content (AvgIpc) is 2.05. The second-order valence-electron chi connectivity index (χ2n) is 2.66. The molecule has 1 heterocycles. The topological polar surface area (TPSA) is 55.6 Å². The first-order valence-corrected chi connectivity index (χ1v) is 3.87. The predicted octanol–water partition coefficient (Wildman–Crippen LogP) is -0.808. The zero-order chi connectivity index (χ0) is 8.27. The average molecular weight is 158 g/mol. The number of nitrogens with zero attached hydrogens (tertiary/aromatic N) is 1. The molecule has 0 aliphatic carbocycles. The second kappa shape index (κ2) is 3.69. The van der Waals surface area contributed by atoms with E-state index in [0.29, 0.717) is 13.2 Å². The van der Waals surface area contributed by atoms with Gasteiger partial charge in [-0.25, -0.2) is 0 Å². The fourth-order valence-electron chi connectivity index (χ4n) is 1.16. The van der Waals surface area contributed by atoms with Crippen LogP contribution in [-0.2, 0) is 9.53 Å².